The molecule has 10 N–H and O–H groups in total. The van der Waals surface area contributed by atoms with Gasteiger partial charge in [-0.2, -0.15) is 0 Å². The maximum absolute atomic E-state index is 14.7. The van der Waals surface area contributed by atoms with E-state index in [1.165, 1.54) is 57.7 Å². The Morgan fingerprint density at radius 2 is 0.900 bits per heavy atom. The number of rotatable bonds is 16. The van der Waals surface area contributed by atoms with Gasteiger partial charge in [-0.3, -0.25) is 69.6 Å². The van der Waals surface area contributed by atoms with Gasteiger partial charge in [0.1, 0.15) is 24.8 Å². The number of nitro groups is 2. The maximum atomic E-state index is 14.7. The molecule has 4 heterocycles. The van der Waals surface area contributed by atoms with Crippen molar-refractivity contribution in [2.75, 3.05) is 53.7 Å². The molecule has 38 heteroatoms. The molecule has 0 aliphatic rings. The van der Waals surface area contributed by atoms with E-state index in [1.807, 2.05) is 4.72 Å². The summed E-state index contributed by atoms with van der Waals surface area (Å²) in [5.74, 6) is -3.97. The van der Waals surface area contributed by atoms with E-state index in [2.05, 4.69) is 65.9 Å². The molecule has 0 unspecified atom stereocenters. The number of nitrogens with zero attached hydrogens (tertiary/aromatic N) is 10. The number of sulfonamides is 2. The van der Waals surface area contributed by atoms with Crippen LogP contribution in [0.5, 0.6) is 0 Å². The smallest absolute Gasteiger partial charge is 0.305 e. The average Bonchev–Trinajstić information content (AvgIpc) is 3.35. The predicted octanol–water partition coefficient (Wildman–Crippen LogP) is 5.97. The Hall–Kier alpha value is -9.06. The minimum Gasteiger partial charge on any atom is -0.396 e. The Labute approximate surface area is 466 Å². The van der Waals surface area contributed by atoms with Crippen LogP contribution in [0.15, 0.2) is 73.8 Å². The fourth-order valence-corrected chi connectivity index (χ4v) is 8.02. The molecule has 0 atom stereocenters. The van der Waals surface area contributed by atoms with E-state index in [1.54, 1.807) is 13.8 Å². The number of aromatic nitrogens is 8. The molecule has 0 bridgehead atoms. The van der Waals surface area contributed by atoms with Crippen LogP contribution in [0.4, 0.5) is 66.7 Å². The van der Waals surface area contributed by atoms with Crippen molar-refractivity contribution in [2.45, 2.75) is 47.5 Å². The van der Waals surface area contributed by atoms with Crippen LogP contribution in [0.2, 0.25) is 10.0 Å². The molecule has 428 valence electrons. The minimum absolute atomic E-state index is 0.0297. The van der Waals surface area contributed by atoms with Crippen LogP contribution < -0.4 is 42.2 Å². The summed E-state index contributed by atoms with van der Waals surface area (Å²) in [6.45, 7) is 7.30. The number of amides is 4. The summed E-state index contributed by atoms with van der Waals surface area (Å²) in [6, 6.07) is 4.67. The molecule has 0 saturated carbocycles. The first-order valence-electron chi connectivity index (χ1n) is 21.8. The van der Waals surface area contributed by atoms with Crippen molar-refractivity contribution in [3.05, 3.63) is 127 Å². The lowest BCUT2D eigenvalue weighted by molar-refractivity contribution is -0.385. The van der Waals surface area contributed by atoms with Gasteiger partial charge in [0, 0.05) is 20.8 Å². The van der Waals surface area contributed by atoms with Gasteiger partial charge in [-0.05, 0) is 48.7 Å². The van der Waals surface area contributed by atoms with Crippen molar-refractivity contribution in [3.8, 4) is 0 Å². The zero-order valence-corrected chi connectivity index (χ0v) is 45.8. The van der Waals surface area contributed by atoms with Crippen molar-refractivity contribution < 1.29 is 59.4 Å². The second-order valence-electron chi connectivity index (χ2n) is 14.9. The van der Waals surface area contributed by atoms with E-state index in [0.717, 1.165) is 36.9 Å². The second-order valence-corrected chi connectivity index (χ2v) is 19.7. The van der Waals surface area contributed by atoms with Crippen LogP contribution in [0.1, 0.15) is 68.2 Å². The van der Waals surface area contributed by atoms with Crippen LogP contribution in [0.25, 0.3) is 0 Å². The molecular formula is C42H45Cl3F2N18O13S2. The molecule has 0 fully saturated rings. The minimum atomic E-state index is -3.76. The molecule has 6 rings (SSSR count). The highest BCUT2D eigenvalue weighted by molar-refractivity contribution is 7.92. The van der Waals surface area contributed by atoms with Gasteiger partial charge in [0.05, 0.1) is 90.1 Å². The van der Waals surface area contributed by atoms with Crippen molar-refractivity contribution in [2.24, 2.45) is 0 Å². The number of halogens is 5. The molecule has 0 spiro atoms. The Kier molecular flexibility index (Phi) is 26.8. The Bertz CT molecular complexity index is 3400. The first-order chi connectivity index (χ1) is 37.4. The monoisotopic (exact) mass is 1220 g/mol. The Balaban J connectivity index is 0.000000363. The predicted molar refractivity (Wildman–Crippen MR) is 290 cm³/mol. The van der Waals surface area contributed by atoms with Crippen LogP contribution in [0, 0.1) is 31.9 Å². The fraction of sp³-hybridized carbons (Fsp3) is 0.214. The molecule has 0 saturated heterocycles. The molecule has 6 aromatic rings. The lowest BCUT2D eigenvalue weighted by Gasteiger charge is -2.12. The van der Waals surface area contributed by atoms with Gasteiger partial charge in [0.2, 0.25) is 61.6 Å². The number of carbonyl (C=O) groups is 5. The fourth-order valence-electron chi connectivity index (χ4n) is 5.06. The number of nitrogens with two attached hydrogens (primary N) is 2. The van der Waals surface area contributed by atoms with Crippen molar-refractivity contribution in [3.63, 3.8) is 0 Å². The standard InChI is InChI=1S/C16H17ClFN5O4S.C10H10Cl2FNO3S.C6H6N4O3.C6H8N4O.C4H4N4O2/c1-3-6-28(26,27)23-12-5-4-11(17)13(14(12)18)15(25)22-10-7-19-16(20-8-10)21-9(2)24;1-2-5-18(16,17)14-7-4-3-6(11)8(9(7)13)10(12)15;1-4(11)9-6-7-2-5(3-8-6)10(12)13;1-4(11)10-6-8-2-5(7)3-9-6;5-4-6-1-3(2-7-4)8(9)10/h4-5,7-8,23H,3,6H2,1-2H3,(H,22,25)(H,19,20,21,24);3-4,14H,2,5H2,1H3;2-3H,1H3,(H,7,8,9,11);2-3H,7H2,1H3,(H,8,9,10,11);1-2H,(H2,5,6,7). The van der Waals surface area contributed by atoms with Gasteiger partial charge in [0.15, 0.2) is 11.6 Å². The van der Waals surface area contributed by atoms with Gasteiger partial charge in [-0.1, -0.05) is 37.0 Å². The number of nitrogens with one attached hydrogen (secondary N) is 6. The summed E-state index contributed by atoms with van der Waals surface area (Å²) in [6.07, 6.45) is 10.2. The number of nitrogen functional groups attached to an aromatic ring is 2. The Morgan fingerprint density at radius 3 is 1.25 bits per heavy atom. The number of anilines is 8. The van der Waals surface area contributed by atoms with Crippen LogP contribution in [-0.4, -0.2) is 107 Å². The van der Waals surface area contributed by atoms with Crippen molar-refractivity contribution >= 4 is 142 Å². The zero-order valence-electron chi connectivity index (χ0n) is 41.9. The summed E-state index contributed by atoms with van der Waals surface area (Å²) < 4.78 is 79.4. The van der Waals surface area contributed by atoms with E-state index in [4.69, 9.17) is 46.3 Å². The quantitative estimate of drug-likeness (QED) is 0.0314. The van der Waals surface area contributed by atoms with Gasteiger partial charge in [0.25, 0.3) is 11.1 Å². The van der Waals surface area contributed by atoms with Gasteiger partial charge < -0.3 is 16.8 Å². The molecule has 80 heavy (non-hydrogen) atoms. The molecular weight excluding hydrogens is 1170 g/mol. The third kappa shape index (κ3) is 24.1. The molecule has 2 aromatic carbocycles. The number of hydrogen-bond donors (Lipinski definition) is 8. The summed E-state index contributed by atoms with van der Waals surface area (Å²) in [5.41, 5.74) is 8.80. The zero-order chi connectivity index (χ0) is 60.5. The molecule has 0 radical (unpaired) electrons. The highest BCUT2D eigenvalue weighted by Gasteiger charge is 2.23. The lowest BCUT2D eigenvalue weighted by Crippen LogP contribution is -2.20. The van der Waals surface area contributed by atoms with E-state index >= 15 is 0 Å². The Morgan fingerprint density at radius 1 is 0.562 bits per heavy atom. The van der Waals surface area contributed by atoms with Gasteiger partial charge >= 0.3 is 11.4 Å². The number of benzene rings is 2. The average molecular weight is 1220 g/mol. The SMILES string of the molecule is CC(=O)Nc1ncc(N)cn1.CC(=O)Nc1ncc([N+](=O)[O-])cn1.CCCS(=O)(=O)Nc1ccc(Cl)c(C(=O)Cl)c1F.CCCS(=O)(=O)Nc1ccc(Cl)c(C(=O)Nc2cnc(NC(C)=O)nc2)c1F.Nc1ncc([N+](=O)[O-])cn1. The van der Waals surface area contributed by atoms with Crippen LogP contribution in [-0.2, 0) is 34.4 Å². The van der Waals surface area contributed by atoms with E-state index in [9.17, 15) is 69.8 Å². The summed E-state index contributed by atoms with van der Waals surface area (Å²) in [5, 5.41) is 28.1. The summed E-state index contributed by atoms with van der Waals surface area (Å²) >= 11 is 16.7. The summed E-state index contributed by atoms with van der Waals surface area (Å²) in [4.78, 5) is 103. The van der Waals surface area contributed by atoms with Crippen LogP contribution in [0.3, 0.4) is 0 Å². The molecule has 0 aliphatic heterocycles. The van der Waals surface area contributed by atoms with E-state index in [-0.39, 0.29) is 91.5 Å². The molecule has 0 aliphatic carbocycles. The first-order valence-corrected chi connectivity index (χ1v) is 26.2. The van der Waals surface area contributed by atoms with Crippen molar-refractivity contribution in [1.29, 1.82) is 0 Å². The number of carbonyl (C=O) groups excluding carboxylic acids is 5. The molecule has 4 amide bonds. The second kappa shape index (κ2) is 32.0. The lowest BCUT2D eigenvalue weighted by atomic mass is 10.1. The molecule has 4 aromatic heterocycles. The van der Waals surface area contributed by atoms with Gasteiger partial charge in [-0.15, -0.1) is 0 Å². The number of hydrogen-bond acceptors (Lipinski definition) is 23. The van der Waals surface area contributed by atoms with Gasteiger partial charge in [-0.25, -0.2) is 65.5 Å². The summed E-state index contributed by atoms with van der Waals surface area (Å²) in [7, 11) is -7.41. The van der Waals surface area contributed by atoms with Crippen molar-refractivity contribution in [1.82, 2.24) is 39.9 Å². The largest absolute Gasteiger partial charge is 0.396 e. The third-order valence-corrected chi connectivity index (χ3v) is 12.0. The highest BCUT2D eigenvalue weighted by atomic mass is 35.5. The van der Waals surface area contributed by atoms with Crippen LogP contribution >= 0.6 is 34.8 Å². The maximum Gasteiger partial charge on any atom is 0.305 e. The van der Waals surface area contributed by atoms with E-state index in [0.29, 0.717) is 18.5 Å². The normalized spacial score (nSPS) is 10.3. The first kappa shape index (κ1) is 67.1. The molecule has 31 nitrogen and oxygen atoms in total. The highest BCUT2D eigenvalue weighted by Crippen LogP contribution is 2.29. The van der Waals surface area contributed by atoms with E-state index < -0.39 is 63.8 Å². The third-order valence-electron chi connectivity index (χ3n) is 8.25. The topological polar surface area (TPSA) is 467 Å².